The van der Waals surface area contributed by atoms with E-state index in [1.54, 1.807) is 13.3 Å². The number of thioether (sulfide) groups is 1. The summed E-state index contributed by atoms with van der Waals surface area (Å²) in [6, 6.07) is 17.1. The molecule has 0 fully saturated rings. The number of ether oxygens (including phenoxy) is 1. The van der Waals surface area contributed by atoms with Crippen molar-refractivity contribution < 1.29 is 31.3 Å². The van der Waals surface area contributed by atoms with Gasteiger partial charge >= 0.3 is 5.82 Å². The van der Waals surface area contributed by atoms with Gasteiger partial charge in [-0.2, -0.15) is 9.67 Å². The quantitative estimate of drug-likeness (QED) is 0.123. The lowest BCUT2D eigenvalue weighted by molar-refractivity contribution is -0.613. The number of benzene rings is 2. The number of methoxy groups -OCH3 is 1. The van der Waals surface area contributed by atoms with E-state index in [0.717, 1.165) is 28.4 Å². The Labute approximate surface area is 200 Å². The Morgan fingerprint density at radius 3 is 2.30 bits per heavy atom. The second kappa shape index (κ2) is 12.3. The lowest BCUT2D eigenvalue weighted by Crippen LogP contribution is -2.35. The maximum atomic E-state index is 12.5. The van der Waals surface area contributed by atoms with Crippen LogP contribution in [-0.2, 0) is 14.6 Å². The van der Waals surface area contributed by atoms with Crippen LogP contribution in [0.1, 0.15) is 15.2 Å². The molecule has 1 amide bonds. The molecule has 0 spiro atoms. The van der Waals surface area contributed by atoms with Gasteiger partial charge in [0.1, 0.15) is 11.4 Å². The molecule has 0 aliphatic rings. The van der Waals surface area contributed by atoms with E-state index in [0.29, 0.717) is 10.7 Å². The Hall–Kier alpha value is -2.97. The molecule has 3 N–H and O–H groups in total. The first-order valence-electron chi connectivity index (χ1n) is 9.12. The van der Waals surface area contributed by atoms with Crippen molar-refractivity contribution in [2.75, 3.05) is 26.2 Å². The van der Waals surface area contributed by atoms with Crippen LogP contribution in [0.5, 0.6) is 5.75 Å². The standard InChI is InChI=1S/C19H18N4O2S2.CH4O4S/c1-25-15-10-8-13(9-11-15)12-21-22-18(24)16-17(20)23(19(26-2)27-16)14-6-4-3-5-7-14;1-5-6(2,3)4/h3-12H,1-2H3,(H2-,20,22,24);1H3,(H,2,3,4)/b21-12+;. The van der Waals surface area contributed by atoms with Crippen LogP contribution in [0.4, 0.5) is 5.82 Å². The molecule has 0 saturated heterocycles. The molecule has 0 bridgehead atoms. The molecule has 1 aromatic heterocycles. The maximum Gasteiger partial charge on any atom is 0.302 e. The highest BCUT2D eigenvalue weighted by Gasteiger charge is 2.27. The van der Waals surface area contributed by atoms with E-state index >= 15 is 0 Å². The molecule has 0 aliphatic carbocycles. The van der Waals surface area contributed by atoms with E-state index in [2.05, 4.69) is 14.7 Å². The fraction of sp³-hybridized carbons (Fsp3) is 0.150. The number of carbonyl (C=O) groups excluding carboxylic acids is 1. The van der Waals surface area contributed by atoms with E-state index in [1.807, 2.05) is 65.4 Å². The van der Waals surface area contributed by atoms with E-state index in [1.165, 1.54) is 23.1 Å². The highest BCUT2D eigenvalue weighted by molar-refractivity contribution is 8.00. The maximum absolute atomic E-state index is 12.5. The first kappa shape index (κ1) is 26.3. The molecule has 1 heterocycles. The smallest absolute Gasteiger partial charge is 0.302 e. The van der Waals surface area contributed by atoms with Crippen molar-refractivity contribution in [3.05, 3.63) is 65.0 Å². The first-order chi connectivity index (χ1) is 15.7. The zero-order chi connectivity index (χ0) is 24.4. The number of para-hydroxylation sites is 1. The Bertz CT molecular complexity index is 1200. The third kappa shape index (κ3) is 7.83. The molecule has 33 heavy (non-hydrogen) atoms. The molecule has 13 heteroatoms. The number of hydrogen-bond acceptors (Lipinski definition) is 10. The topological polar surface area (TPSA) is 147 Å². The minimum Gasteiger partial charge on any atom is -0.726 e. The SMILES string of the molecule is COS(=O)(=O)[O-].COc1ccc(/C=N/NC(=O)c2sc(SC)[n+](-c3ccccc3)c2N)cc1. The molecule has 0 radical (unpaired) electrons. The lowest BCUT2D eigenvalue weighted by Gasteiger charge is -2.00. The number of nitrogens with two attached hydrogens (primary N) is 1. The van der Waals surface area contributed by atoms with Gasteiger partial charge in [-0.15, -0.1) is 0 Å². The van der Waals surface area contributed by atoms with E-state index in [9.17, 15) is 17.8 Å². The third-order valence-electron chi connectivity index (χ3n) is 3.94. The van der Waals surface area contributed by atoms with Gasteiger partial charge in [0, 0.05) is 0 Å². The molecule has 0 atom stereocenters. The van der Waals surface area contributed by atoms with Crippen LogP contribution in [-0.4, -0.2) is 45.6 Å². The summed E-state index contributed by atoms with van der Waals surface area (Å²) < 4.78 is 38.9. The average molecular weight is 511 g/mol. The summed E-state index contributed by atoms with van der Waals surface area (Å²) >= 11 is 2.88. The van der Waals surface area contributed by atoms with Crippen LogP contribution in [0.2, 0.25) is 0 Å². The van der Waals surface area contributed by atoms with Gasteiger partial charge in [-0.1, -0.05) is 41.3 Å². The van der Waals surface area contributed by atoms with Gasteiger partial charge in [-0.3, -0.25) is 14.7 Å². The summed E-state index contributed by atoms with van der Waals surface area (Å²) in [5.41, 5.74) is 10.6. The number of carbonyl (C=O) groups is 1. The summed E-state index contributed by atoms with van der Waals surface area (Å²) in [6.07, 6.45) is 3.52. The first-order valence-corrected chi connectivity index (χ1v) is 12.5. The van der Waals surface area contributed by atoms with Crippen LogP contribution in [0.3, 0.4) is 0 Å². The number of anilines is 1. The summed E-state index contributed by atoms with van der Waals surface area (Å²) in [4.78, 5) is 13.0. The van der Waals surface area contributed by atoms with Crippen LogP contribution >= 0.6 is 23.1 Å². The van der Waals surface area contributed by atoms with Crippen molar-refractivity contribution in [3.63, 3.8) is 0 Å². The van der Waals surface area contributed by atoms with Crippen molar-refractivity contribution in [2.24, 2.45) is 5.10 Å². The van der Waals surface area contributed by atoms with E-state index in [-0.39, 0.29) is 5.91 Å². The largest absolute Gasteiger partial charge is 0.726 e. The molecule has 2 aromatic carbocycles. The third-order valence-corrected chi connectivity index (χ3v) is 6.59. The Kier molecular flexibility index (Phi) is 9.81. The Morgan fingerprint density at radius 2 is 1.79 bits per heavy atom. The Balaban J connectivity index is 0.000000569. The highest BCUT2D eigenvalue weighted by Crippen LogP contribution is 2.27. The molecule has 0 aliphatic heterocycles. The van der Waals surface area contributed by atoms with Gasteiger partial charge in [0.15, 0.2) is 4.88 Å². The van der Waals surface area contributed by atoms with Gasteiger partial charge in [-0.25, -0.2) is 13.8 Å². The fourth-order valence-electron chi connectivity index (χ4n) is 2.41. The van der Waals surface area contributed by atoms with Crippen molar-refractivity contribution >= 4 is 51.4 Å². The summed E-state index contributed by atoms with van der Waals surface area (Å²) in [5, 5.41) is 4.02. The molecule has 176 valence electrons. The molecule has 0 unspecified atom stereocenters. The molecule has 0 saturated carbocycles. The number of nitrogen functional groups attached to an aromatic ring is 1. The van der Waals surface area contributed by atoms with E-state index in [4.69, 9.17) is 10.5 Å². The number of thiazole rings is 1. The highest BCUT2D eigenvalue weighted by atomic mass is 32.3. The number of hydrazone groups is 1. The van der Waals surface area contributed by atoms with Gasteiger partial charge in [0.2, 0.25) is 14.7 Å². The molecule has 3 aromatic rings. The zero-order valence-electron chi connectivity index (χ0n) is 17.9. The number of amides is 1. The molecular weight excluding hydrogens is 488 g/mol. The Morgan fingerprint density at radius 1 is 1.18 bits per heavy atom. The second-order valence-electron chi connectivity index (χ2n) is 6.00. The van der Waals surface area contributed by atoms with Crippen molar-refractivity contribution in [1.82, 2.24) is 5.43 Å². The predicted octanol–water partition coefficient (Wildman–Crippen LogP) is 2.19. The number of nitrogens with one attached hydrogen (secondary N) is 1. The molecule has 10 nitrogen and oxygen atoms in total. The number of hydrogen-bond donors (Lipinski definition) is 2. The normalized spacial score (nSPS) is 11.0. The van der Waals surface area contributed by atoms with Crippen LogP contribution < -0.4 is 20.5 Å². The van der Waals surface area contributed by atoms with Crippen molar-refractivity contribution in [2.45, 2.75) is 4.34 Å². The predicted molar refractivity (Wildman–Crippen MR) is 127 cm³/mol. The van der Waals surface area contributed by atoms with Crippen molar-refractivity contribution in [3.8, 4) is 11.4 Å². The lowest BCUT2D eigenvalue weighted by atomic mass is 10.2. The number of nitrogens with zero attached hydrogens (tertiary/aromatic N) is 2. The summed E-state index contributed by atoms with van der Waals surface area (Å²) in [5.74, 6) is 0.817. The second-order valence-corrected chi connectivity index (χ2v) is 9.21. The van der Waals surface area contributed by atoms with Gasteiger partial charge in [0.05, 0.1) is 20.4 Å². The van der Waals surface area contributed by atoms with Crippen LogP contribution in [0.15, 0.2) is 64.0 Å². The number of rotatable bonds is 7. The molecule has 3 rings (SSSR count). The van der Waals surface area contributed by atoms with Gasteiger partial charge < -0.3 is 9.29 Å². The monoisotopic (exact) mass is 510 g/mol. The molecular formula is C20H22N4O6S3. The van der Waals surface area contributed by atoms with Crippen LogP contribution in [0.25, 0.3) is 5.69 Å². The summed E-state index contributed by atoms with van der Waals surface area (Å²) in [6.45, 7) is 0. The van der Waals surface area contributed by atoms with E-state index < -0.39 is 10.4 Å². The number of aromatic nitrogens is 1. The fourth-order valence-corrected chi connectivity index (χ4v) is 4.18. The van der Waals surface area contributed by atoms with Gasteiger partial charge in [0.25, 0.3) is 5.91 Å². The zero-order valence-corrected chi connectivity index (χ0v) is 20.4. The average Bonchev–Trinajstić information content (AvgIpc) is 3.16. The van der Waals surface area contributed by atoms with Crippen LogP contribution in [0, 0.1) is 0 Å². The van der Waals surface area contributed by atoms with Crippen molar-refractivity contribution in [1.29, 1.82) is 0 Å². The minimum absolute atomic E-state index is 0.341. The summed E-state index contributed by atoms with van der Waals surface area (Å²) in [7, 11) is -1.99. The minimum atomic E-state index is -4.41. The van der Waals surface area contributed by atoms with Gasteiger partial charge in [-0.05, 0) is 48.2 Å².